The zero-order chi connectivity index (χ0) is 14.7. The van der Waals surface area contributed by atoms with Gasteiger partial charge in [-0.15, -0.1) is 0 Å². The van der Waals surface area contributed by atoms with Crippen LogP contribution in [0.3, 0.4) is 0 Å². The Hall–Kier alpha value is -2.49. The van der Waals surface area contributed by atoms with Gasteiger partial charge in [-0.1, -0.05) is 25.1 Å². The molecule has 0 saturated heterocycles. The number of hydrogen-bond donors (Lipinski definition) is 3. The second kappa shape index (κ2) is 5.65. The maximum Gasteiger partial charge on any atom is 0.250 e. The van der Waals surface area contributed by atoms with Gasteiger partial charge in [-0.3, -0.25) is 4.79 Å². The number of carbonyl (C=O) groups is 1. The molecular formula is C16H19N3O. The Morgan fingerprint density at radius 3 is 2.65 bits per heavy atom. The summed E-state index contributed by atoms with van der Waals surface area (Å²) in [5.74, 6) is -0.522. The molecule has 0 heterocycles. The standard InChI is InChI=1S/C16H19N3O/c1-3-11-6-4-5-10(2)15(11)19-12-7-8-14(17)13(9-12)16(18)20/h4-9,19H,3,17H2,1-2H3,(H2,18,20). The van der Waals surface area contributed by atoms with Crippen molar-refractivity contribution in [3.05, 3.63) is 53.1 Å². The summed E-state index contributed by atoms with van der Waals surface area (Å²) in [5.41, 5.74) is 16.0. The summed E-state index contributed by atoms with van der Waals surface area (Å²) >= 11 is 0. The number of benzene rings is 2. The smallest absolute Gasteiger partial charge is 0.250 e. The van der Waals surface area contributed by atoms with Crippen molar-refractivity contribution >= 4 is 23.0 Å². The fourth-order valence-corrected chi connectivity index (χ4v) is 2.19. The number of hydrogen-bond acceptors (Lipinski definition) is 3. The maximum absolute atomic E-state index is 11.3. The molecule has 2 aromatic rings. The number of carbonyl (C=O) groups excluding carboxylic acids is 1. The zero-order valence-electron chi connectivity index (χ0n) is 11.7. The van der Waals surface area contributed by atoms with Crippen molar-refractivity contribution in [3.63, 3.8) is 0 Å². The Morgan fingerprint density at radius 2 is 2.00 bits per heavy atom. The quantitative estimate of drug-likeness (QED) is 0.746. The first kappa shape index (κ1) is 13.9. The van der Waals surface area contributed by atoms with Crippen LogP contribution in [0.5, 0.6) is 0 Å². The molecule has 0 spiro atoms. The van der Waals surface area contributed by atoms with Crippen molar-refractivity contribution in [2.45, 2.75) is 20.3 Å². The minimum absolute atomic E-state index is 0.335. The van der Waals surface area contributed by atoms with Gasteiger partial charge in [0, 0.05) is 17.1 Å². The summed E-state index contributed by atoms with van der Waals surface area (Å²) in [7, 11) is 0. The molecule has 0 aliphatic carbocycles. The number of aryl methyl sites for hydroxylation is 2. The highest BCUT2D eigenvalue weighted by Gasteiger charge is 2.09. The van der Waals surface area contributed by atoms with Gasteiger partial charge in [-0.2, -0.15) is 0 Å². The lowest BCUT2D eigenvalue weighted by Crippen LogP contribution is -2.13. The van der Waals surface area contributed by atoms with E-state index < -0.39 is 5.91 Å². The molecule has 20 heavy (non-hydrogen) atoms. The second-order valence-electron chi connectivity index (χ2n) is 4.75. The molecule has 1 amide bonds. The van der Waals surface area contributed by atoms with E-state index in [1.165, 1.54) is 5.56 Å². The Kier molecular flexibility index (Phi) is 3.94. The summed E-state index contributed by atoms with van der Waals surface area (Å²) in [4.78, 5) is 11.3. The molecule has 4 heteroatoms. The van der Waals surface area contributed by atoms with E-state index in [4.69, 9.17) is 11.5 Å². The highest BCUT2D eigenvalue weighted by Crippen LogP contribution is 2.27. The van der Waals surface area contributed by atoms with Crippen molar-refractivity contribution in [1.29, 1.82) is 0 Å². The summed E-state index contributed by atoms with van der Waals surface area (Å²) in [6.45, 7) is 4.16. The molecule has 0 aliphatic rings. The average molecular weight is 269 g/mol. The molecule has 0 fully saturated rings. The first-order valence-electron chi connectivity index (χ1n) is 6.57. The van der Waals surface area contributed by atoms with Gasteiger partial charge < -0.3 is 16.8 Å². The fraction of sp³-hybridized carbons (Fsp3) is 0.188. The Labute approximate surface area is 118 Å². The summed E-state index contributed by atoms with van der Waals surface area (Å²) in [6, 6.07) is 11.4. The van der Waals surface area contributed by atoms with Gasteiger partial charge in [0.15, 0.2) is 0 Å². The molecular weight excluding hydrogens is 250 g/mol. The number of para-hydroxylation sites is 1. The average Bonchev–Trinajstić information content (AvgIpc) is 2.42. The SMILES string of the molecule is CCc1cccc(C)c1Nc1ccc(N)c(C(N)=O)c1. The highest BCUT2D eigenvalue weighted by atomic mass is 16.1. The molecule has 104 valence electrons. The number of rotatable bonds is 4. The maximum atomic E-state index is 11.3. The molecule has 0 atom stereocenters. The normalized spacial score (nSPS) is 10.3. The van der Waals surface area contributed by atoms with Gasteiger partial charge in [0.05, 0.1) is 5.56 Å². The van der Waals surface area contributed by atoms with E-state index in [0.29, 0.717) is 11.3 Å². The van der Waals surface area contributed by atoms with Crippen LogP contribution in [-0.2, 0) is 6.42 Å². The van der Waals surface area contributed by atoms with Crippen molar-refractivity contribution in [1.82, 2.24) is 0 Å². The second-order valence-corrected chi connectivity index (χ2v) is 4.75. The third-order valence-corrected chi connectivity index (χ3v) is 3.33. The van der Waals surface area contributed by atoms with Crippen LogP contribution < -0.4 is 16.8 Å². The minimum Gasteiger partial charge on any atom is -0.398 e. The molecule has 0 aromatic heterocycles. The van der Waals surface area contributed by atoms with E-state index in [2.05, 4.69) is 18.3 Å². The van der Waals surface area contributed by atoms with E-state index in [9.17, 15) is 4.79 Å². The van der Waals surface area contributed by atoms with Crippen LogP contribution in [0.4, 0.5) is 17.1 Å². The minimum atomic E-state index is -0.522. The van der Waals surface area contributed by atoms with Crippen LogP contribution in [0, 0.1) is 6.92 Å². The van der Waals surface area contributed by atoms with Crippen molar-refractivity contribution in [3.8, 4) is 0 Å². The van der Waals surface area contributed by atoms with Gasteiger partial charge in [0.1, 0.15) is 0 Å². The number of nitrogens with two attached hydrogens (primary N) is 2. The monoisotopic (exact) mass is 269 g/mol. The van der Waals surface area contributed by atoms with Crippen LogP contribution in [-0.4, -0.2) is 5.91 Å². The summed E-state index contributed by atoms with van der Waals surface area (Å²) in [6.07, 6.45) is 0.932. The van der Waals surface area contributed by atoms with Gasteiger partial charge in [0.2, 0.25) is 0 Å². The Morgan fingerprint density at radius 1 is 1.25 bits per heavy atom. The summed E-state index contributed by atoms with van der Waals surface area (Å²) in [5, 5.41) is 3.35. The van der Waals surface area contributed by atoms with Gasteiger partial charge in [0.25, 0.3) is 5.91 Å². The third-order valence-electron chi connectivity index (χ3n) is 3.33. The fourth-order valence-electron chi connectivity index (χ4n) is 2.19. The Bertz CT molecular complexity index is 650. The molecule has 0 saturated carbocycles. The van der Waals surface area contributed by atoms with Crippen molar-refractivity contribution in [2.75, 3.05) is 11.1 Å². The lowest BCUT2D eigenvalue weighted by atomic mass is 10.0. The predicted molar refractivity (Wildman–Crippen MR) is 83.2 cm³/mol. The Balaban J connectivity index is 2.40. The van der Waals surface area contributed by atoms with Crippen LogP contribution in [0.1, 0.15) is 28.4 Å². The molecule has 0 unspecified atom stereocenters. The molecule has 0 bridgehead atoms. The van der Waals surface area contributed by atoms with E-state index in [1.54, 1.807) is 12.1 Å². The van der Waals surface area contributed by atoms with Gasteiger partial charge in [-0.25, -0.2) is 0 Å². The number of nitrogen functional groups attached to an aromatic ring is 1. The van der Waals surface area contributed by atoms with Gasteiger partial charge in [-0.05, 0) is 42.7 Å². The summed E-state index contributed by atoms with van der Waals surface area (Å²) < 4.78 is 0. The number of nitrogens with one attached hydrogen (secondary N) is 1. The predicted octanol–water partition coefficient (Wildman–Crippen LogP) is 2.98. The number of primary amides is 1. The zero-order valence-corrected chi connectivity index (χ0v) is 11.7. The van der Waals surface area contributed by atoms with E-state index >= 15 is 0 Å². The largest absolute Gasteiger partial charge is 0.398 e. The van der Waals surface area contributed by atoms with Crippen LogP contribution >= 0.6 is 0 Å². The lowest BCUT2D eigenvalue weighted by Gasteiger charge is -2.15. The van der Waals surface area contributed by atoms with Crippen LogP contribution in [0.2, 0.25) is 0 Å². The first-order valence-corrected chi connectivity index (χ1v) is 6.57. The van der Waals surface area contributed by atoms with E-state index in [-0.39, 0.29) is 0 Å². The molecule has 4 nitrogen and oxygen atoms in total. The van der Waals surface area contributed by atoms with Crippen LogP contribution in [0.15, 0.2) is 36.4 Å². The third kappa shape index (κ3) is 2.74. The molecule has 0 aliphatic heterocycles. The van der Waals surface area contributed by atoms with E-state index in [0.717, 1.165) is 23.4 Å². The molecule has 0 radical (unpaired) electrons. The van der Waals surface area contributed by atoms with Crippen LogP contribution in [0.25, 0.3) is 0 Å². The highest BCUT2D eigenvalue weighted by molar-refractivity contribution is 5.99. The topological polar surface area (TPSA) is 81.1 Å². The van der Waals surface area contributed by atoms with Crippen molar-refractivity contribution in [2.24, 2.45) is 5.73 Å². The van der Waals surface area contributed by atoms with E-state index in [1.807, 2.05) is 25.1 Å². The van der Waals surface area contributed by atoms with Crippen molar-refractivity contribution < 1.29 is 4.79 Å². The van der Waals surface area contributed by atoms with Gasteiger partial charge >= 0.3 is 0 Å². The number of anilines is 3. The lowest BCUT2D eigenvalue weighted by molar-refractivity contribution is 0.100. The molecule has 5 N–H and O–H groups in total. The molecule has 2 aromatic carbocycles. The number of amides is 1. The first-order chi connectivity index (χ1) is 9.52. The molecule has 2 rings (SSSR count).